The molecule has 0 radical (unpaired) electrons. The second-order valence-corrected chi connectivity index (χ2v) is 28.7. The Morgan fingerprint density at radius 3 is 0.687 bits per heavy atom. The van der Waals surface area contributed by atoms with Crippen LogP contribution in [0.3, 0.4) is 0 Å². The van der Waals surface area contributed by atoms with Gasteiger partial charge in [-0.05, 0) is 37.8 Å². The van der Waals surface area contributed by atoms with E-state index in [4.69, 9.17) is 71.6 Å². The molecule has 0 fully saturated rings. The first kappa shape index (κ1) is 76.3. The average Bonchev–Trinajstić information content (AvgIpc) is 3.10. The first-order valence-corrected chi connectivity index (χ1v) is 41.7. The summed E-state index contributed by atoms with van der Waals surface area (Å²) in [6, 6.07) is 18.7. The number of aryl methyl sites for hydroxylation is 2. The van der Waals surface area contributed by atoms with Gasteiger partial charge in [-0.3, -0.25) is 0 Å². The number of unbranched alkanes of at least 4 members (excludes halogenated alkanes) is 18. The van der Waals surface area contributed by atoms with Crippen LogP contribution in [0.4, 0.5) is 20.8 Å². The summed E-state index contributed by atoms with van der Waals surface area (Å²) in [5, 5.41) is 0. The second kappa shape index (κ2) is 45.1. The van der Waals surface area contributed by atoms with Crippen molar-refractivity contribution in [2.45, 2.75) is 155 Å². The van der Waals surface area contributed by atoms with Gasteiger partial charge in [-0.15, -0.1) is 0 Å². The molecule has 0 aliphatic rings. The monoisotopic (exact) mass is 1480 g/mol. The number of rotatable bonds is 24. The maximum absolute atomic E-state index is 10.4. The minimum atomic E-state index is -5.62. The third kappa shape index (κ3) is 108. The molecule has 12 N–H and O–H groups in total. The quantitative estimate of drug-likeness (QED) is 0.0307. The van der Waals surface area contributed by atoms with Gasteiger partial charge < -0.3 is 0 Å². The van der Waals surface area contributed by atoms with Gasteiger partial charge in [0, 0.05) is 11.1 Å². The van der Waals surface area contributed by atoms with Crippen molar-refractivity contribution < 1.29 is 114 Å². The van der Waals surface area contributed by atoms with Gasteiger partial charge in [0.1, 0.15) is 0 Å². The van der Waals surface area contributed by atoms with E-state index in [-0.39, 0.29) is 21.2 Å². The zero-order chi connectivity index (χ0) is 53.2. The molecule has 18 nitrogen and oxygen atoms in total. The molecule has 0 aromatic heterocycles. The normalized spacial score (nSPS) is 11.5. The molecule has 0 aliphatic heterocycles. The van der Waals surface area contributed by atoms with Gasteiger partial charge in [-0.25, -0.2) is 0 Å². The van der Waals surface area contributed by atoms with Crippen molar-refractivity contribution in [3.8, 4) is 0 Å². The van der Waals surface area contributed by atoms with E-state index in [2.05, 4.69) is 62.4 Å². The fourth-order valence-corrected chi connectivity index (χ4v) is 8.29. The van der Waals surface area contributed by atoms with E-state index in [1.54, 1.807) is 18.3 Å². The summed E-state index contributed by atoms with van der Waals surface area (Å²) in [7, 11) is 0. The third-order valence-electron chi connectivity index (χ3n) is 7.72. The molecule has 31 heteroatoms. The molecular formula is C36H70As6F6IO18+. The molecule has 0 bridgehead atoms. The molecule has 2 rings (SSSR count). The van der Waals surface area contributed by atoms with E-state index in [1.807, 2.05) is 0 Å². The molecular weight excluding hydrogens is 1410 g/mol. The Morgan fingerprint density at radius 2 is 0.493 bits per heavy atom. The molecule has 0 heterocycles. The Morgan fingerprint density at radius 1 is 0.328 bits per heavy atom. The van der Waals surface area contributed by atoms with Crippen molar-refractivity contribution in [1.82, 2.24) is 0 Å². The Bertz CT molecular complexity index is 1510. The summed E-state index contributed by atoms with van der Waals surface area (Å²) in [5.41, 5.74) is 3.26. The van der Waals surface area contributed by atoms with Gasteiger partial charge in [-0.2, -0.15) is 0 Å². The van der Waals surface area contributed by atoms with Crippen LogP contribution in [-0.2, 0) is 35.3 Å². The van der Waals surface area contributed by atoms with Crippen LogP contribution in [0.5, 0.6) is 0 Å². The third-order valence-corrected chi connectivity index (χ3v) is 11.0. The van der Waals surface area contributed by atoms with Crippen LogP contribution in [0.15, 0.2) is 48.5 Å². The summed E-state index contributed by atoms with van der Waals surface area (Å²) < 4.78 is 202. The molecule has 0 aliphatic carbocycles. The van der Waals surface area contributed by atoms with Gasteiger partial charge in [0.15, 0.2) is 7.14 Å². The first-order chi connectivity index (χ1) is 30.3. The van der Waals surface area contributed by atoms with Crippen LogP contribution in [-0.4, -0.2) is 137 Å². The Balaban J connectivity index is -0.000000342. The zero-order valence-electron chi connectivity index (χ0n) is 37.3. The summed E-state index contributed by atoms with van der Waals surface area (Å²) in [6.45, 7) is 4.61. The SMILES string of the molecule is CCCCCCCCCCCCc1ccccc1[I+]c1ccccc1CCCCCCCCCCCC.O=[As](O)(O)F.O=[As](O)(O)F.O=[As](O)(O)F.O=[As](O)(O)F.O=[As](O)(O)F.O=[As](O)(O)F. The van der Waals surface area contributed by atoms with E-state index >= 15 is 0 Å². The number of hydrogen-bond donors (Lipinski definition) is 12. The number of hydrogen-bond acceptors (Lipinski definition) is 6. The van der Waals surface area contributed by atoms with Crippen LogP contribution in [0.2, 0.25) is 0 Å². The van der Waals surface area contributed by atoms with E-state index in [1.165, 1.54) is 141 Å². The molecule has 0 saturated carbocycles. The van der Waals surface area contributed by atoms with E-state index in [0.29, 0.717) is 0 Å². The fraction of sp³-hybridized carbons (Fsp3) is 0.667. The summed E-state index contributed by atoms with van der Waals surface area (Å²) in [6.07, 6.45) is 30.9. The van der Waals surface area contributed by atoms with Crippen molar-refractivity contribution in [2.24, 2.45) is 0 Å². The zero-order valence-corrected chi connectivity index (χ0v) is 50.7. The Kier molecular flexibility index (Phi) is 51.3. The molecule has 2 aromatic rings. The molecule has 0 saturated heterocycles. The van der Waals surface area contributed by atoms with E-state index < -0.39 is 87.9 Å². The van der Waals surface area contributed by atoms with E-state index in [0.717, 1.165) is 0 Å². The summed E-state index contributed by atoms with van der Waals surface area (Å²) in [5.74, 6) is 0. The van der Waals surface area contributed by atoms with Crippen LogP contribution >= 0.6 is 0 Å². The molecule has 0 atom stereocenters. The molecule has 0 spiro atoms. The van der Waals surface area contributed by atoms with E-state index in [9.17, 15) is 20.8 Å². The number of benzene rings is 2. The van der Waals surface area contributed by atoms with Gasteiger partial charge in [0.2, 0.25) is 0 Å². The minimum absolute atomic E-state index is 0.0947. The maximum atomic E-state index is 10.4. The second-order valence-electron chi connectivity index (χ2n) is 14.0. The van der Waals surface area contributed by atoms with Gasteiger partial charge in [-0.1, -0.05) is 166 Å². The van der Waals surface area contributed by atoms with Crippen LogP contribution in [0.25, 0.3) is 0 Å². The number of halogens is 7. The molecule has 0 amide bonds. The average molecular weight is 1480 g/mol. The molecule has 400 valence electrons. The Hall–Kier alpha value is 0.421. The predicted molar refractivity (Wildman–Crippen MR) is 233 cm³/mol. The van der Waals surface area contributed by atoms with Crippen molar-refractivity contribution >= 4 is 87.9 Å². The van der Waals surface area contributed by atoms with Crippen LogP contribution < -0.4 is 21.2 Å². The van der Waals surface area contributed by atoms with Gasteiger partial charge in [0.05, 0.1) is 0 Å². The first-order valence-electron chi connectivity index (χ1n) is 20.7. The standard InChI is InChI=1S/C36H58I.6AsFH2O3/c1-3-5-7-9-11-13-15-17-19-21-27-33-29-23-25-31-35(33)37-36-32-26-24-30-34(36)28-22-20-18-16-14-12-10-8-6-4-2;6*2-1(3,4)5/h23-26,29-32H,3-22,27-28H2,1-2H3;6*(H2,3,4,5)/q+1;;;;;;. The summed E-state index contributed by atoms with van der Waals surface area (Å²) in [4.78, 5) is 0. The molecule has 67 heavy (non-hydrogen) atoms. The topological polar surface area (TPSA) is 345 Å². The molecule has 0 unspecified atom stereocenters. The fourth-order valence-electron chi connectivity index (χ4n) is 5.30. The van der Waals surface area contributed by atoms with Crippen LogP contribution in [0.1, 0.15) is 153 Å². The van der Waals surface area contributed by atoms with Crippen molar-refractivity contribution in [2.75, 3.05) is 0 Å². The summed E-state index contributed by atoms with van der Waals surface area (Å²) >= 11 is -33.8. The van der Waals surface area contributed by atoms with Crippen molar-refractivity contribution in [3.63, 3.8) is 0 Å². The van der Waals surface area contributed by atoms with Crippen molar-refractivity contribution in [1.29, 1.82) is 0 Å². The predicted octanol–water partition coefficient (Wildman–Crippen LogP) is 1.58. The van der Waals surface area contributed by atoms with Gasteiger partial charge >= 0.3 is 201 Å². The van der Waals surface area contributed by atoms with Gasteiger partial charge in [0.25, 0.3) is 0 Å². The Labute approximate surface area is 419 Å². The van der Waals surface area contributed by atoms with Crippen LogP contribution in [0, 0.1) is 7.14 Å². The van der Waals surface area contributed by atoms with Crippen molar-refractivity contribution in [3.05, 3.63) is 66.8 Å². The molecule has 2 aromatic carbocycles.